The maximum atomic E-state index is 12.4. The van der Waals surface area contributed by atoms with Crippen LogP contribution in [-0.4, -0.2) is 4.98 Å². The molecule has 0 aliphatic carbocycles. The van der Waals surface area contributed by atoms with Crippen molar-refractivity contribution in [3.63, 3.8) is 0 Å². The van der Waals surface area contributed by atoms with Crippen molar-refractivity contribution < 1.29 is 4.39 Å². The van der Waals surface area contributed by atoms with Crippen LogP contribution in [0.3, 0.4) is 0 Å². The Balaban J connectivity index is 3.20. The molecule has 0 spiro atoms. The Morgan fingerprint density at radius 3 is 2.90 bits per heavy atom. The van der Waals surface area contributed by atoms with E-state index in [4.69, 9.17) is 18.2 Å². The minimum absolute atomic E-state index is 0.155. The summed E-state index contributed by atoms with van der Waals surface area (Å²) in [4.78, 5) is 6.39. The Morgan fingerprint density at radius 1 is 1.70 bits per heavy atom. The fraction of sp³-hybridized carbons (Fsp3) is 0. The summed E-state index contributed by atoms with van der Waals surface area (Å²) in [6.45, 7) is 6.49. The predicted molar refractivity (Wildman–Crippen MR) is 35.5 cm³/mol. The van der Waals surface area contributed by atoms with Crippen molar-refractivity contribution >= 4 is 17.3 Å². The monoisotopic (exact) mass is 156 g/mol. The van der Waals surface area contributed by atoms with Crippen molar-refractivity contribution in [2.24, 2.45) is 0 Å². The van der Waals surface area contributed by atoms with E-state index < -0.39 is 5.82 Å². The molecule has 4 heteroatoms. The SMILES string of the molecule is [C-]#[N+]c1cnc(Cl)c(F)c1. The first kappa shape index (κ1) is 6.97. The molecular weight excluding hydrogens is 155 g/mol. The van der Waals surface area contributed by atoms with Crippen molar-refractivity contribution in [3.05, 3.63) is 34.7 Å². The van der Waals surface area contributed by atoms with Crippen molar-refractivity contribution in [3.8, 4) is 0 Å². The van der Waals surface area contributed by atoms with Gasteiger partial charge in [-0.25, -0.2) is 9.24 Å². The molecule has 0 saturated heterocycles. The standard InChI is InChI=1S/C6H2ClFN2/c1-9-4-2-5(8)6(7)10-3-4/h2-3H. The molecule has 1 heterocycles. The molecule has 0 aromatic carbocycles. The summed E-state index contributed by atoms with van der Waals surface area (Å²) in [5.41, 5.74) is 0.155. The zero-order chi connectivity index (χ0) is 7.56. The van der Waals surface area contributed by atoms with Crippen LogP contribution in [0.1, 0.15) is 0 Å². The van der Waals surface area contributed by atoms with Gasteiger partial charge in [-0.2, -0.15) is 0 Å². The van der Waals surface area contributed by atoms with Gasteiger partial charge in [0, 0.05) is 6.20 Å². The average Bonchev–Trinajstić information content (AvgIpc) is 1.95. The molecule has 1 aromatic heterocycles. The summed E-state index contributed by atoms with van der Waals surface area (Å²) < 4.78 is 12.4. The Morgan fingerprint density at radius 2 is 2.40 bits per heavy atom. The van der Waals surface area contributed by atoms with E-state index in [-0.39, 0.29) is 10.8 Å². The molecule has 0 unspecified atom stereocenters. The van der Waals surface area contributed by atoms with Crippen LogP contribution in [0.4, 0.5) is 10.1 Å². The molecule has 0 N–H and O–H groups in total. The van der Waals surface area contributed by atoms with Crippen LogP contribution >= 0.6 is 11.6 Å². The average molecular weight is 157 g/mol. The van der Waals surface area contributed by atoms with Gasteiger partial charge in [-0.1, -0.05) is 11.6 Å². The highest BCUT2D eigenvalue weighted by atomic mass is 35.5. The number of nitrogens with zero attached hydrogens (tertiary/aromatic N) is 2. The Hall–Kier alpha value is -1.14. The van der Waals surface area contributed by atoms with Crippen LogP contribution in [0.2, 0.25) is 5.15 Å². The summed E-state index contributed by atoms with van der Waals surface area (Å²) in [5.74, 6) is -0.657. The molecule has 0 aliphatic heterocycles. The van der Waals surface area contributed by atoms with Gasteiger partial charge >= 0.3 is 0 Å². The molecule has 0 bridgehead atoms. The van der Waals surface area contributed by atoms with Gasteiger partial charge in [0.05, 0.1) is 6.57 Å². The minimum atomic E-state index is -0.657. The van der Waals surface area contributed by atoms with Crippen LogP contribution < -0.4 is 0 Å². The summed E-state index contributed by atoms with van der Waals surface area (Å²) >= 11 is 5.25. The molecule has 50 valence electrons. The van der Waals surface area contributed by atoms with E-state index >= 15 is 0 Å². The smallest absolute Gasteiger partial charge is 0.208 e. The lowest BCUT2D eigenvalue weighted by molar-refractivity contribution is 0.623. The summed E-state index contributed by atoms with van der Waals surface area (Å²) in [7, 11) is 0. The van der Waals surface area contributed by atoms with Gasteiger partial charge in [0.1, 0.15) is 5.82 Å². The largest absolute Gasteiger partial charge is 0.253 e. The highest BCUT2D eigenvalue weighted by Gasteiger charge is 2.00. The van der Waals surface area contributed by atoms with E-state index in [0.717, 1.165) is 6.07 Å². The first-order valence-corrected chi connectivity index (χ1v) is 2.80. The maximum absolute atomic E-state index is 12.4. The van der Waals surface area contributed by atoms with E-state index in [0.29, 0.717) is 0 Å². The van der Waals surface area contributed by atoms with Crippen molar-refractivity contribution in [1.29, 1.82) is 0 Å². The third-order valence-corrected chi connectivity index (χ3v) is 1.19. The van der Waals surface area contributed by atoms with Gasteiger partial charge in [-0.3, -0.25) is 4.98 Å². The van der Waals surface area contributed by atoms with E-state index in [9.17, 15) is 4.39 Å². The molecule has 10 heavy (non-hydrogen) atoms. The van der Waals surface area contributed by atoms with Crippen molar-refractivity contribution in [2.75, 3.05) is 0 Å². The first-order valence-electron chi connectivity index (χ1n) is 2.42. The Bertz CT molecular complexity index is 292. The molecule has 1 aromatic rings. The van der Waals surface area contributed by atoms with Crippen LogP contribution in [0.25, 0.3) is 4.85 Å². The fourth-order valence-electron chi connectivity index (χ4n) is 0.472. The molecule has 0 atom stereocenters. The number of rotatable bonds is 0. The third kappa shape index (κ3) is 1.23. The van der Waals surface area contributed by atoms with Gasteiger partial charge in [-0.05, 0) is 6.07 Å². The lowest BCUT2D eigenvalue weighted by Crippen LogP contribution is -1.78. The molecule has 1 rings (SSSR count). The van der Waals surface area contributed by atoms with E-state index in [2.05, 4.69) is 9.83 Å². The van der Waals surface area contributed by atoms with Gasteiger partial charge < -0.3 is 0 Å². The lowest BCUT2D eigenvalue weighted by Gasteiger charge is -1.90. The van der Waals surface area contributed by atoms with Crippen LogP contribution in [0.15, 0.2) is 12.3 Å². The first-order chi connectivity index (χ1) is 4.74. The van der Waals surface area contributed by atoms with Gasteiger partial charge in [-0.15, -0.1) is 0 Å². The molecule has 0 aliphatic rings. The summed E-state index contributed by atoms with van der Waals surface area (Å²) in [6, 6.07) is 1.04. The highest BCUT2D eigenvalue weighted by molar-refractivity contribution is 6.29. The number of pyridine rings is 1. The van der Waals surface area contributed by atoms with Gasteiger partial charge in [0.15, 0.2) is 5.15 Å². The lowest BCUT2D eigenvalue weighted by atomic mass is 10.4. The second-order valence-corrected chi connectivity index (χ2v) is 1.94. The molecule has 0 amide bonds. The van der Waals surface area contributed by atoms with Crippen LogP contribution in [-0.2, 0) is 0 Å². The molecule has 0 saturated carbocycles. The van der Waals surface area contributed by atoms with Gasteiger partial charge in [0.2, 0.25) is 5.69 Å². The number of halogens is 2. The fourth-order valence-corrected chi connectivity index (χ4v) is 0.576. The molecule has 0 radical (unpaired) electrons. The number of hydrogen-bond donors (Lipinski definition) is 0. The van der Waals surface area contributed by atoms with E-state index in [1.807, 2.05) is 0 Å². The molecular formula is C6H2ClFN2. The predicted octanol–water partition coefficient (Wildman–Crippen LogP) is 2.42. The number of aromatic nitrogens is 1. The second-order valence-electron chi connectivity index (χ2n) is 1.58. The van der Waals surface area contributed by atoms with Crippen LogP contribution in [0.5, 0.6) is 0 Å². The van der Waals surface area contributed by atoms with E-state index in [1.165, 1.54) is 6.20 Å². The van der Waals surface area contributed by atoms with Crippen molar-refractivity contribution in [1.82, 2.24) is 4.98 Å². The summed E-state index contributed by atoms with van der Waals surface area (Å²) in [5, 5.41) is -0.201. The third-order valence-electron chi connectivity index (χ3n) is 0.911. The highest BCUT2D eigenvalue weighted by Crippen LogP contribution is 2.16. The topological polar surface area (TPSA) is 17.2 Å². The molecule has 0 fully saturated rings. The number of hydrogen-bond acceptors (Lipinski definition) is 1. The van der Waals surface area contributed by atoms with Crippen molar-refractivity contribution in [2.45, 2.75) is 0 Å². The quantitative estimate of drug-likeness (QED) is 0.417. The maximum Gasteiger partial charge on any atom is 0.208 e. The second kappa shape index (κ2) is 2.63. The van der Waals surface area contributed by atoms with Crippen LogP contribution in [0, 0.1) is 12.4 Å². The molecule has 2 nitrogen and oxygen atoms in total. The van der Waals surface area contributed by atoms with Gasteiger partial charge in [0.25, 0.3) is 0 Å². The normalized spacial score (nSPS) is 8.90. The Labute approximate surface area is 62.1 Å². The van der Waals surface area contributed by atoms with E-state index in [1.54, 1.807) is 0 Å². The zero-order valence-electron chi connectivity index (χ0n) is 4.81. The Kier molecular flexibility index (Phi) is 1.83. The summed E-state index contributed by atoms with van der Waals surface area (Å²) in [6.07, 6.45) is 1.22. The zero-order valence-corrected chi connectivity index (χ0v) is 5.56. The minimum Gasteiger partial charge on any atom is -0.253 e.